The molecule has 0 unspecified atom stereocenters. The molecule has 0 radical (unpaired) electrons. The van der Waals surface area contributed by atoms with Gasteiger partial charge in [-0.2, -0.15) is 0 Å². The number of nitro benzene ring substituents is 1. The largest absolute Gasteiger partial charge is 0.487 e. The molecule has 0 saturated carbocycles. The van der Waals surface area contributed by atoms with E-state index in [0.717, 1.165) is 5.56 Å². The van der Waals surface area contributed by atoms with E-state index in [1.54, 1.807) is 56.4 Å². The van der Waals surface area contributed by atoms with Gasteiger partial charge in [0.1, 0.15) is 23.9 Å². The molecule has 0 aliphatic heterocycles. The van der Waals surface area contributed by atoms with Crippen molar-refractivity contribution < 1.29 is 14.5 Å². The lowest BCUT2D eigenvalue weighted by atomic mass is 10.1. The highest BCUT2D eigenvalue weighted by atomic mass is 35.5. The Kier molecular flexibility index (Phi) is 6.48. The molecule has 2 aromatic carbocycles. The van der Waals surface area contributed by atoms with Crippen LogP contribution in [0, 0.1) is 17.0 Å². The number of carbonyl (C=O) groups excluding carboxylic acids is 1. The number of aryl methyl sites for hydroxylation is 1. The summed E-state index contributed by atoms with van der Waals surface area (Å²) in [4.78, 5) is 26.8. The van der Waals surface area contributed by atoms with Gasteiger partial charge in [0.15, 0.2) is 0 Å². The third-order valence-corrected chi connectivity index (χ3v) is 4.73. The van der Waals surface area contributed by atoms with Gasteiger partial charge in [0.25, 0.3) is 11.6 Å². The van der Waals surface area contributed by atoms with Crippen LogP contribution in [0.15, 0.2) is 54.7 Å². The van der Waals surface area contributed by atoms with Gasteiger partial charge in [-0.15, -0.1) is 0 Å². The number of carbonyl (C=O) groups is 1. The number of hydrogen-bond donors (Lipinski definition) is 2. The van der Waals surface area contributed by atoms with Crippen molar-refractivity contribution in [2.24, 2.45) is 0 Å². The summed E-state index contributed by atoms with van der Waals surface area (Å²) >= 11 is 6.19. The molecule has 0 aliphatic rings. The Balaban J connectivity index is 1.71. The smallest absolute Gasteiger partial charge is 0.292 e. The van der Waals surface area contributed by atoms with Gasteiger partial charge in [-0.3, -0.25) is 14.9 Å². The molecular formula is C21H19ClN4O4. The molecule has 1 amide bonds. The van der Waals surface area contributed by atoms with Crippen molar-refractivity contribution in [3.05, 3.63) is 86.6 Å². The molecule has 3 rings (SSSR count). The van der Waals surface area contributed by atoms with Crippen LogP contribution in [0.4, 0.5) is 17.2 Å². The van der Waals surface area contributed by atoms with Gasteiger partial charge in [0.2, 0.25) is 0 Å². The zero-order chi connectivity index (χ0) is 21.7. The van der Waals surface area contributed by atoms with Crippen molar-refractivity contribution in [3.8, 4) is 5.75 Å². The molecule has 2 N–H and O–H groups in total. The highest BCUT2D eigenvalue weighted by molar-refractivity contribution is 6.31. The maximum absolute atomic E-state index is 11.8. The van der Waals surface area contributed by atoms with Crippen LogP contribution >= 0.6 is 11.6 Å². The predicted molar refractivity (Wildman–Crippen MR) is 115 cm³/mol. The van der Waals surface area contributed by atoms with Crippen LogP contribution in [0.3, 0.4) is 0 Å². The molecule has 1 aromatic heterocycles. The number of nitro groups is 1. The van der Waals surface area contributed by atoms with E-state index in [0.29, 0.717) is 33.4 Å². The first kappa shape index (κ1) is 21.1. The standard InChI is InChI=1S/C21H19ClN4O4/c1-13-4-3-5-18(26(28)29)20(13)25-19-9-7-16(11-24-19)30-12-15-10-14(21(27)23-2)6-8-17(15)22/h3-11H,12H2,1-2H3,(H,23,27)(H,24,25). The number of nitrogens with zero attached hydrogens (tertiary/aromatic N) is 2. The second kappa shape index (κ2) is 9.23. The van der Waals surface area contributed by atoms with Crippen LogP contribution in [0.1, 0.15) is 21.5 Å². The molecule has 9 heteroatoms. The number of benzene rings is 2. The van der Waals surface area contributed by atoms with Crippen molar-refractivity contribution in [1.82, 2.24) is 10.3 Å². The third-order valence-electron chi connectivity index (χ3n) is 4.37. The highest BCUT2D eigenvalue weighted by Gasteiger charge is 2.16. The number of amides is 1. The number of nitrogens with one attached hydrogen (secondary N) is 2. The second-order valence-corrected chi connectivity index (χ2v) is 6.81. The molecular weight excluding hydrogens is 408 g/mol. The van der Waals surface area contributed by atoms with Crippen LogP contribution in [0.25, 0.3) is 0 Å². The van der Waals surface area contributed by atoms with Crippen molar-refractivity contribution >= 4 is 34.7 Å². The molecule has 0 bridgehead atoms. The predicted octanol–water partition coefficient (Wildman–Crippen LogP) is 4.63. The van der Waals surface area contributed by atoms with Gasteiger partial charge in [-0.1, -0.05) is 23.7 Å². The summed E-state index contributed by atoms with van der Waals surface area (Å²) in [5.74, 6) is 0.718. The van der Waals surface area contributed by atoms with Gasteiger partial charge in [-0.05, 0) is 42.8 Å². The van der Waals surface area contributed by atoms with Crippen LogP contribution in [0.5, 0.6) is 5.75 Å². The second-order valence-electron chi connectivity index (χ2n) is 6.40. The first-order chi connectivity index (χ1) is 14.4. The van der Waals surface area contributed by atoms with Gasteiger partial charge in [0.05, 0.1) is 11.1 Å². The summed E-state index contributed by atoms with van der Waals surface area (Å²) in [6.07, 6.45) is 1.50. The fraction of sp³-hybridized carbons (Fsp3) is 0.143. The Labute approximate surface area is 178 Å². The maximum atomic E-state index is 11.8. The molecule has 0 aliphatic carbocycles. The molecule has 0 spiro atoms. The van der Waals surface area contributed by atoms with E-state index in [9.17, 15) is 14.9 Å². The zero-order valence-corrected chi connectivity index (χ0v) is 17.1. The molecule has 30 heavy (non-hydrogen) atoms. The van der Waals surface area contributed by atoms with Crippen molar-refractivity contribution in [2.45, 2.75) is 13.5 Å². The normalized spacial score (nSPS) is 10.4. The minimum absolute atomic E-state index is 0.0252. The summed E-state index contributed by atoms with van der Waals surface area (Å²) < 4.78 is 5.72. The summed E-state index contributed by atoms with van der Waals surface area (Å²) in [5.41, 5.74) is 2.25. The number of halogens is 1. The number of anilines is 2. The molecule has 8 nitrogen and oxygen atoms in total. The fourth-order valence-electron chi connectivity index (χ4n) is 2.77. The minimum Gasteiger partial charge on any atom is -0.487 e. The quantitative estimate of drug-likeness (QED) is 0.421. The number of para-hydroxylation sites is 1. The molecule has 3 aromatic rings. The van der Waals surface area contributed by atoms with E-state index < -0.39 is 4.92 Å². The van der Waals surface area contributed by atoms with E-state index in [1.165, 1.54) is 12.3 Å². The first-order valence-electron chi connectivity index (χ1n) is 8.99. The zero-order valence-electron chi connectivity index (χ0n) is 16.3. The van der Waals surface area contributed by atoms with Crippen LogP contribution in [0.2, 0.25) is 5.02 Å². The summed E-state index contributed by atoms with van der Waals surface area (Å²) in [7, 11) is 1.56. The molecule has 0 fully saturated rings. The van der Waals surface area contributed by atoms with Crippen LogP contribution < -0.4 is 15.4 Å². The summed E-state index contributed by atoms with van der Waals surface area (Å²) in [5, 5.41) is 17.3. The SMILES string of the molecule is CNC(=O)c1ccc(Cl)c(COc2ccc(Nc3c(C)cccc3[N+](=O)[O-])nc2)c1. The van der Waals surface area contributed by atoms with Gasteiger partial charge >= 0.3 is 0 Å². The Morgan fingerprint density at radius 2 is 2.03 bits per heavy atom. The number of ether oxygens (including phenoxy) is 1. The number of pyridine rings is 1. The molecule has 0 saturated heterocycles. The van der Waals surface area contributed by atoms with E-state index in [-0.39, 0.29) is 18.2 Å². The van der Waals surface area contributed by atoms with Crippen molar-refractivity contribution in [3.63, 3.8) is 0 Å². The molecule has 154 valence electrons. The molecule has 1 heterocycles. The van der Waals surface area contributed by atoms with E-state index >= 15 is 0 Å². The van der Waals surface area contributed by atoms with Gasteiger partial charge < -0.3 is 15.4 Å². The van der Waals surface area contributed by atoms with E-state index in [4.69, 9.17) is 16.3 Å². The summed E-state index contributed by atoms with van der Waals surface area (Å²) in [6, 6.07) is 13.1. The topological polar surface area (TPSA) is 106 Å². The van der Waals surface area contributed by atoms with Crippen molar-refractivity contribution in [2.75, 3.05) is 12.4 Å². The molecule has 0 atom stereocenters. The third kappa shape index (κ3) is 4.84. The first-order valence-corrected chi connectivity index (χ1v) is 9.37. The monoisotopic (exact) mass is 426 g/mol. The average Bonchev–Trinajstić information content (AvgIpc) is 2.74. The average molecular weight is 427 g/mol. The minimum atomic E-state index is -0.441. The fourth-order valence-corrected chi connectivity index (χ4v) is 2.94. The summed E-state index contributed by atoms with van der Waals surface area (Å²) in [6.45, 7) is 1.94. The maximum Gasteiger partial charge on any atom is 0.292 e. The van der Waals surface area contributed by atoms with E-state index in [1.807, 2.05) is 0 Å². The number of rotatable bonds is 7. The lowest BCUT2D eigenvalue weighted by molar-refractivity contribution is -0.384. The highest BCUT2D eigenvalue weighted by Crippen LogP contribution is 2.30. The Bertz CT molecular complexity index is 1090. The Morgan fingerprint density at radius 1 is 1.23 bits per heavy atom. The number of aromatic nitrogens is 1. The lowest BCUT2D eigenvalue weighted by Gasteiger charge is -2.11. The Hall–Kier alpha value is -3.65. The Morgan fingerprint density at radius 3 is 2.70 bits per heavy atom. The van der Waals surface area contributed by atoms with Crippen LogP contribution in [-0.4, -0.2) is 22.9 Å². The van der Waals surface area contributed by atoms with Crippen LogP contribution in [-0.2, 0) is 6.61 Å². The van der Waals surface area contributed by atoms with Crippen molar-refractivity contribution in [1.29, 1.82) is 0 Å². The lowest BCUT2D eigenvalue weighted by Crippen LogP contribution is -2.18. The van der Waals surface area contributed by atoms with Gasteiger partial charge in [0, 0.05) is 29.3 Å². The van der Waals surface area contributed by atoms with E-state index in [2.05, 4.69) is 15.6 Å². The van der Waals surface area contributed by atoms with Gasteiger partial charge in [-0.25, -0.2) is 4.98 Å². The number of hydrogen-bond acceptors (Lipinski definition) is 6.